The van der Waals surface area contributed by atoms with Crippen molar-refractivity contribution < 1.29 is 14.3 Å². The summed E-state index contributed by atoms with van der Waals surface area (Å²) in [7, 11) is 0. The van der Waals surface area contributed by atoms with E-state index in [2.05, 4.69) is 11.7 Å². The Bertz CT molecular complexity index is 1110. The highest BCUT2D eigenvalue weighted by atomic mass is 16.5. The molecule has 1 saturated heterocycles. The molecular weight excluding hydrogens is 404 g/mol. The average molecular weight is 431 g/mol. The van der Waals surface area contributed by atoms with Crippen LogP contribution < -0.4 is 10.5 Å². The molecule has 1 aliphatic rings. The predicted octanol–water partition coefficient (Wildman–Crippen LogP) is 3.87. The molecule has 0 saturated carbocycles. The normalized spacial score (nSPS) is 15.9. The zero-order chi connectivity index (χ0) is 22.5. The van der Waals surface area contributed by atoms with Crippen molar-refractivity contribution in [3.63, 3.8) is 0 Å². The van der Waals surface area contributed by atoms with Crippen molar-refractivity contribution in [2.75, 3.05) is 13.1 Å². The number of hydrogen-bond donors (Lipinski definition) is 1. The molecule has 1 aromatic heterocycles. The van der Waals surface area contributed by atoms with Gasteiger partial charge in [-0.25, -0.2) is 0 Å². The molecule has 2 aromatic carbocycles. The van der Waals surface area contributed by atoms with Crippen LogP contribution in [-0.4, -0.2) is 39.6 Å². The first-order valence-corrected chi connectivity index (χ1v) is 10.7. The summed E-state index contributed by atoms with van der Waals surface area (Å²) in [5, 5.41) is 4.65. The van der Waals surface area contributed by atoms with Gasteiger partial charge in [-0.2, -0.15) is 5.10 Å². The maximum Gasteiger partial charge on any atom is 0.252 e. The van der Waals surface area contributed by atoms with E-state index in [0.717, 1.165) is 30.7 Å². The molecule has 1 fully saturated rings. The minimum Gasteiger partial charge on any atom is -0.457 e. The Labute approximate surface area is 187 Å². The maximum atomic E-state index is 12.1. The molecule has 1 aliphatic heterocycles. The maximum absolute atomic E-state index is 12.1. The summed E-state index contributed by atoms with van der Waals surface area (Å²) >= 11 is 0. The van der Waals surface area contributed by atoms with E-state index in [4.69, 9.17) is 10.5 Å². The fourth-order valence-corrected chi connectivity index (χ4v) is 4.02. The Morgan fingerprint density at radius 3 is 2.53 bits per heavy atom. The number of likely N-dealkylation sites (tertiary alicyclic amines) is 1. The number of carbonyl (C=O) groups is 2. The SMILES string of the molecule is C=CC(=O)N1CCCC(Cn2cc(C(N)=O)c(-c3ccc(Oc4ccccc4)cc3)n2)C1. The zero-order valence-corrected chi connectivity index (χ0v) is 17.8. The van der Waals surface area contributed by atoms with Gasteiger partial charge in [-0.05, 0) is 61.2 Å². The fraction of sp³-hybridized carbons (Fsp3) is 0.240. The molecule has 0 bridgehead atoms. The van der Waals surface area contributed by atoms with Crippen LogP contribution in [0.25, 0.3) is 11.3 Å². The van der Waals surface area contributed by atoms with Crippen LogP contribution in [0.2, 0.25) is 0 Å². The number of rotatable bonds is 7. The molecule has 2 N–H and O–H groups in total. The van der Waals surface area contributed by atoms with Crippen molar-refractivity contribution in [2.24, 2.45) is 11.7 Å². The standard InChI is InChI=1S/C25H26N4O3/c1-2-23(30)28-14-6-7-18(15-28)16-29-17-22(25(26)31)24(27-29)19-10-12-21(13-11-19)32-20-8-4-3-5-9-20/h2-5,8-13,17-18H,1,6-7,14-16H2,(H2,26,31). The van der Waals surface area contributed by atoms with Crippen LogP contribution in [0.1, 0.15) is 23.2 Å². The Hall–Kier alpha value is -3.87. The highest BCUT2D eigenvalue weighted by molar-refractivity contribution is 5.98. The van der Waals surface area contributed by atoms with Crippen molar-refractivity contribution in [1.82, 2.24) is 14.7 Å². The van der Waals surface area contributed by atoms with Crippen LogP contribution in [0.15, 0.2) is 73.4 Å². The lowest BCUT2D eigenvalue weighted by Crippen LogP contribution is -2.40. The minimum absolute atomic E-state index is 0.0495. The summed E-state index contributed by atoms with van der Waals surface area (Å²) in [5.74, 6) is 1.12. The Morgan fingerprint density at radius 2 is 1.84 bits per heavy atom. The molecule has 0 aliphatic carbocycles. The van der Waals surface area contributed by atoms with E-state index < -0.39 is 5.91 Å². The van der Waals surface area contributed by atoms with Crippen LogP contribution >= 0.6 is 0 Å². The second-order valence-corrected chi connectivity index (χ2v) is 7.91. The van der Waals surface area contributed by atoms with Gasteiger partial charge < -0.3 is 15.4 Å². The number of ether oxygens (including phenoxy) is 1. The third kappa shape index (κ3) is 4.88. The molecule has 4 rings (SSSR count). The van der Waals surface area contributed by atoms with Crippen LogP contribution in [0.3, 0.4) is 0 Å². The van der Waals surface area contributed by atoms with Crippen molar-refractivity contribution in [3.05, 3.63) is 79.0 Å². The highest BCUT2D eigenvalue weighted by Crippen LogP contribution is 2.28. The highest BCUT2D eigenvalue weighted by Gasteiger charge is 2.24. The number of piperidine rings is 1. The third-order valence-corrected chi connectivity index (χ3v) is 5.58. The van der Waals surface area contributed by atoms with Crippen LogP contribution in [0.5, 0.6) is 11.5 Å². The quantitative estimate of drug-likeness (QED) is 0.576. The topological polar surface area (TPSA) is 90.5 Å². The van der Waals surface area contributed by atoms with Gasteiger partial charge in [0.25, 0.3) is 5.91 Å². The van der Waals surface area contributed by atoms with E-state index in [1.165, 1.54) is 6.08 Å². The zero-order valence-electron chi connectivity index (χ0n) is 17.8. The second-order valence-electron chi connectivity index (χ2n) is 7.91. The van der Waals surface area contributed by atoms with Gasteiger partial charge in [-0.3, -0.25) is 14.3 Å². The van der Waals surface area contributed by atoms with Crippen molar-refractivity contribution in [1.29, 1.82) is 0 Å². The Kier molecular flexibility index (Phi) is 6.35. The van der Waals surface area contributed by atoms with Gasteiger partial charge in [-0.1, -0.05) is 24.8 Å². The van der Waals surface area contributed by atoms with Gasteiger partial charge in [0.15, 0.2) is 0 Å². The average Bonchev–Trinajstić information content (AvgIpc) is 3.24. The largest absolute Gasteiger partial charge is 0.457 e. The fourth-order valence-electron chi connectivity index (χ4n) is 4.02. The molecule has 2 amide bonds. The number of primary amides is 1. The number of hydrogen-bond acceptors (Lipinski definition) is 4. The monoisotopic (exact) mass is 430 g/mol. The van der Waals surface area contributed by atoms with Crippen molar-refractivity contribution in [3.8, 4) is 22.8 Å². The first kappa shape index (κ1) is 21.4. The molecule has 3 aromatic rings. The van der Waals surface area contributed by atoms with Gasteiger partial charge in [0, 0.05) is 31.4 Å². The summed E-state index contributed by atoms with van der Waals surface area (Å²) in [5.41, 5.74) is 7.32. The number of aromatic nitrogens is 2. The van der Waals surface area contributed by atoms with Crippen molar-refractivity contribution in [2.45, 2.75) is 19.4 Å². The molecule has 1 unspecified atom stereocenters. The predicted molar refractivity (Wildman–Crippen MR) is 122 cm³/mol. The Morgan fingerprint density at radius 1 is 1.12 bits per heavy atom. The van der Waals surface area contributed by atoms with Crippen LogP contribution in [-0.2, 0) is 11.3 Å². The number of carbonyl (C=O) groups excluding carboxylic acids is 2. The minimum atomic E-state index is -0.525. The smallest absolute Gasteiger partial charge is 0.252 e. The number of para-hydroxylation sites is 1. The van der Waals surface area contributed by atoms with Gasteiger partial charge >= 0.3 is 0 Å². The lowest BCUT2D eigenvalue weighted by Gasteiger charge is -2.32. The number of nitrogens with zero attached hydrogens (tertiary/aromatic N) is 3. The van der Waals surface area contributed by atoms with Crippen molar-refractivity contribution >= 4 is 11.8 Å². The van der Waals surface area contributed by atoms with E-state index in [-0.39, 0.29) is 11.8 Å². The molecule has 0 spiro atoms. The molecule has 32 heavy (non-hydrogen) atoms. The van der Waals surface area contributed by atoms with E-state index >= 15 is 0 Å². The molecule has 2 heterocycles. The second kappa shape index (κ2) is 9.51. The summed E-state index contributed by atoms with van der Waals surface area (Å²) < 4.78 is 7.60. The Balaban J connectivity index is 1.51. The summed E-state index contributed by atoms with van der Waals surface area (Å²) in [4.78, 5) is 25.8. The molecular formula is C25H26N4O3. The van der Waals surface area contributed by atoms with Gasteiger partial charge in [0.2, 0.25) is 5.91 Å². The first-order valence-electron chi connectivity index (χ1n) is 10.7. The summed E-state index contributed by atoms with van der Waals surface area (Å²) in [6, 6.07) is 16.9. The number of nitrogens with two attached hydrogens (primary N) is 1. The first-order chi connectivity index (χ1) is 15.5. The van der Waals surface area contributed by atoms with E-state index in [0.29, 0.717) is 30.1 Å². The summed E-state index contributed by atoms with van der Waals surface area (Å²) in [6.07, 6.45) is 4.97. The van der Waals surface area contributed by atoms with Gasteiger partial charge in [-0.15, -0.1) is 0 Å². The number of amides is 2. The molecule has 1 atom stereocenters. The summed E-state index contributed by atoms with van der Waals surface area (Å²) in [6.45, 7) is 5.58. The van der Waals surface area contributed by atoms with Gasteiger partial charge in [0.05, 0.1) is 5.56 Å². The molecule has 7 nitrogen and oxygen atoms in total. The lowest BCUT2D eigenvalue weighted by molar-refractivity contribution is -0.127. The van der Waals surface area contributed by atoms with Gasteiger partial charge in [0.1, 0.15) is 17.2 Å². The molecule has 7 heteroatoms. The molecule has 0 radical (unpaired) electrons. The van der Waals surface area contributed by atoms with Crippen LogP contribution in [0, 0.1) is 5.92 Å². The number of benzene rings is 2. The van der Waals surface area contributed by atoms with E-state index in [1.807, 2.05) is 59.5 Å². The lowest BCUT2D eigenvalue weighted by atomic mass is 9.98. The van der Waals surface area contributed by atoms with E-state index in [9.17, 15) is 9.59 Å². The van der Waals surface area contributed by atoms with Crippen LogP contribution in [0.4, 0.5) is 0 Å². The third-order valence-electron chi connectivity index (χ3n) is 5.58. The van der Waals surface area contributed by atoms with E-state index in [1.54, 1.807) is 10.9 Å². The molecule has 164 valence electrons.